The van der Waals surface area contributed by atoms with E-state index in [1.54, 1.807) is 74.9 Å². The first-order valence-corrected chi connectivity index (χ1v) is 20.6. The molecular weight excluding hydrogens is 749 g/mol. The van der Waals surface area contributed by atoms with Crippen LogP contribution in [-0.2, 0) is 16.0 Å². The minimum Gasteiger partial charge on any atom is -0.497 e. The minimum atomic E-state index is -1.12. The Hall–Kier alpha value is -4.63. The maximum absolute atomic E-state index is 13.4. The third-order valence-corrected chi connectivity index (χ3v) is 12.3. The number of benzene rings is 2. The number of aromatic nitrogens is 2. The fourth-order valence-corrected chi connectivity index (χ4v) is 9.94. The molecule has 0 spiro atoms. The molecule has 6 rings (SSSR count). The summed E-state index contributed by atoms with van der Waals surface area (Å²) >= 11 is 1.76. The van der Waals surface area contributed by atoms with E-state index in [4.69, 9.17) is 28.5 Å². The highest BCUT2D eigenvalue weighted by Gasteiger charge is 2.64. The van der Waals surface area contributed by atoms with Crippen molar-refractivity contribution < 1.29 is 43.5 Å². The van der Waals surface area contributed by atoms with Crippen molar-refractivity contribution >= 4 is 29.3 Å². The van der Waals surface area contributed by atoms with Gasteiger partial charge in [-0.15, -0.1) is 6.58 Å². The first-order valence-electron chi connectivity index (χ1n) is 19.6. The monoisotopic (exact) mass is 802 g/mol. The van der Waals surface area contributed by atoms with Crippen LogP contribution in [0.25, 0.3) is 0 Å². The summed E-state index contributed by atoms with van der Waals surface area (Å²) in [5, 5.41) is 26.9. The Kier molecular flexibility index (Phi) is 14.9. The van der Waals surface area contributed by atoms with Crippen molar-refractivity contribution in [2.24, 2.45) is 22.9 Å². The molecule has 0 saturated heterocycles. The molecule has 1 aromatic heterocycles. The highest BCUT2D eigenvalue weighted by Crippen LogP contribution is 2.62. The zero-order valence-corrected chi connectivity index (χ0v) is 33.7. The number of ether oxygens (including phenoxy) is 5. The van der Waals surface area contributed by atoms with Crippen molar-refractivity contribution in [3.63, 3.8) is 0 Å². The number of amides is 1. The van der Waals surface area contributed by atoms with E-state index < -0.39 is 11.9 Å². The number of methoxy groups -OCH3 is 2. The Balaban J connectivity index is 1.44. The van der Waals surface area contributed by atoms with E-state index in [-0.39, 0.29) is 48.7 Å². The summed E-state index contributed by atoms with van der Waals surface area (Å²) in [6, 6.07) is 10.6. The maximum atomic E-state index is 13.4. The van der Waals surface area contributed by atoms with Gasteiger partial charge in [0.25, 0.3) is 0 Å². The van der Waals surface area contributed by atoms with Gasteiger partial charge in [0.15, 0.2) is 0 Å². The standard InChI is InChI=1S/C43H54N4O9S/c1-5-21-54-43-39(57-22-16-29-27-44-17-18-45-29)26-36(47-53-4)33-23-28(10-6-8-19-48)32(11-7-9-20-49)40(41(33)43)34-24-31(13-15-37(34)56-43)55-42(50)46-35-14-12-30(51-2)25-38(35)52-3/h5,12-15,17-18,23-25,27-28,32,39-41,48-49H,1,6-11,16,19-22,26H2,2-4H3,(H,46,50). The number of rotatable bonds is 20. The SMILES string of the molecule is C=CCOC12Oc3ccc(OC(=O)Nc4ccc(OC)cc4OC)cc3C3C(CCCCO)C(CCCCO)C=C(C(=NOC)CC1SCCc1cnccn1)C32. The quantitative estimate of drug-likeness (QED) is 0.0593. The summed E-state index contributed by atoms with van der Waals surface area (Å²) in [5.74, 6) is 1.37. The molecule has 1 aliphatic heterocycles. The van der Waals surface area contributed by atoms with E-state index in [1.165, 1.54) is 7.11 Å². The zero-order chi connectivity index (χ0) is 40.2. The summed E-state index contributed by atoms with van der Waals surface area (Å²) in [4.78, 5) is 27.7. The Bertz CT molecular complexity index is 1880. The number of carbonyl (C=O) groups is 1. The third-order valence-electron chi connectivity index (χ3n) is 11.0. The lowest BCUT2D eigenvalue weighted by Crippen LogP contribution is -2.64. The van der Waals surface area contributed by atoms with Crippen LogP contribution in [0.5, 0.6) is 23.0 Å². The number of allylic oxidation sites excluding steroid dienone is 1. The van der Waals surface area contributed by atoms with E-state index in [9.17, 15) is 15.0 Å². The van der Waals surface area contributed by atoms with Crippen LogP contribution in [0.1, 0.15) is 62.1 Å². The number of nitrogens with one attached hydrogen (secondary N) is 1. The lowest BCUT2D eigenvalue weighted by Gasteiger charge is -2.58. The molecule has 1 fully saturated rings. The van der Waals surface area contributed by atoms with E-state index in [1.807, 2.05) is 12.1 Å². The predicted octanol–water partition coefficient (Wildman–Crippen LogP) is 7.34. The molecule has 2 aliphatic carbocycles. The van der Waals surface area contributed by atoms with Gasteiger partial charge in [0.05, 0.1) is 49.1 Å². The molecule has 6 unspecified atom stereocenters. The first kappa shape index (κ1) is 42.0. The minimum absolute atomic E-state index is 0.0955. The van der Waals surface area contributed by atoms with Crippen molar-refractivity contribution in [3.8, 4) is 23.0 Å². The number of carbonyl (C=O) groups excluding carboxylic acids is 1. The number of anilines is 1. The third kappa shape index (κ3) is 9.57. The number of fused-ring (bicyclic) bond motifs is 2. The van der Waals surface area contributed by atoms with Crippen LogP contribution in [0, 0.1) is 17.8 Å². The van der Waals surface area contributed by atoms with Crippen LogP contribution in [0.2, 0.25) is 0 Å². The molecule has 1 amide bonds. The van der Waals surface area contributed by atoms with Crippen molar-refractivity contribution in [3.05, 3.63) is 90.6 Å². The Morgan fingerprint density at radius 3 is 2.58 bits per heavy atom. The number of aliphatic hydroxyl groups is 2. The van der Waals surface area contributed by atoms with Crippen LogP contribution >= 0.6 is 11.8 Å². The number of thioether (sulfide) groups is 1. The van der Waals surface area contributed by atoms with E-state index in [2.05, 4.69) is 33.1 Å². The van der Waals surface area contributed by atoms with Gasteiger partial charge in [0.2, 0.25) is 5.79 Å². The number of unbranched alkanes of at least 4 members (excludes halogenated alkanes) is 2. The molecular formula is C43H54N4O9S. The zero-order valence-electron chi connectivity index (χ0n) is 32.9. The van der Waals surface area contributed by atoms with Gasteiger partial charge in [-0.2, -0.15) is 11.8 Å². The average molecular weight is 803 g/mol. The number of aryl methyl sites for hydroxylation is 1. The van der Waals surface area contributed by atoms with Gasteiger partial charge < -0.3 is 38.7 Å². The second-order valence-corrected chi connectivity index (χ2v) is 15.6. The highest BCUT2D eigenvalue weighted by atomic mass is 32.2. The van der Waals surface area contributed by atoms with Crippen LogP contribution in [0.15, 0.2) is 84.4 Å². The Morgan fingerprint density at radius 1 is 1.05 bits per heavy atom. The summed E-state index contributed by atoms with van der Waals surface area (Å²) in [6.07, 6.45) is 14.5. The maximum Gasteiger partial charge on any atom is 0.417 e. The molecule has 3 aliphatic rings. The predicted molar refractivity (Wildman–Crippen MR) is 219 cm³/mol. The van der Waals surface area contributed by atoms with Gasteiger partial charge in [0, 0.05) is 62.2 Å². The van der Waals surface area contributed by atoms with Crippen molar-refractivity contribution in [2.75, 3.05) is 52.2 Å². The molecule has 14 heteroatoms. The normalized spacial score (nSPS) is 24.0. The molecule has 57 heavy (non-hydrogen) atoms. The van der Waals surface area contributed by atoms with E-state index >= 15 is 0 Å². The molecule has 3 N–H and O–H groups in total. The van der Waals surface area contributed by atoms with Gasteiger partial charge in [-0.1, -0.05) is 30.1 Å². The lowest BCUT2D eigenvalue weighted by molar-refractivity contribution is -0.223. The van der Waals surface area contributed by atoms with Crippen molar-refractivity contribution in [2.45, 2.75) is 68.3 Å². The number of hydrogen-bond donors (Lipinski definition) is 3. The lowest BCUT2D eigenvalue weighted by atomic mass is 9.56. The van der Waals surface area contributed by atoms with Gasteiger partial charge >= 0.3 is 6.09 Å². The fraction of sp³-hybridized carbons (Fsp3) is 0.488. The highest BCUT2D eigenvalue weighted by molar-refractivity contribution is 8.00. The summed E-state index contributed by atoms with van der Waals surface area (Å²) < 4.78 is 30.9. The van der Waals surface area contributed by atoms with Crippen molar-refractivity contribution in [1.29, 1.82) is 0 Å². The van der Waals surface area contributed by atoms with Gasteiger partial charge in [-0.05, 0) is 79.2 Å². The molecule has 0 radical (unpaired) electrons. The molecule has 306 valence electrons. The average Bonchev–Trinajstić information content (AvgIpc) is 3.23. The van der Waals surface area contributed by atoms with Crippen LogP contribution in [-0.4, -0.2) is 89.9 Å². The van der Waals surface area contributed by atoms with Crippen molar-refractivity contribution in [1.82, 2.24) is 9.97 Å². The molecule has 13 nitrogen and oxygen atoms in total. The van der Waals surface area contributed by atoms with Gasteiger partial charge in [-0.3, -0.25) is 15.3 Å². The topological polar surface area (TPSA) is 163 Å². The Morgan fingerprint density at radius 2 is 1.86 bits per heavy atom. The molecule has 1 saturated carbocycles. The molecule has 2 aromatic carbocycles. The van der Waals surface area contributed by atoms with Crippen LogP contribution in [0.3, 0.4) is 0 Å². The van der Waals surface area contributed by atoms with Crippen LogP contribution < -0.4 is 24.3 Å². The molecule has 3 aromatic rings. The largest absolute Gasteiger partial charge is 0.497 e. The summed E-state index contributed by atoms with van der Waals surface area (Å²) in [5.41, 5.74) is 4.09. The number of oxime groups is 1. The second kappa shape index (κ2) is 20.2. The molecule has 6 atom stereocenters. The van der Waals surface area contributed by atoms with Gasteiger partial charge in [0.1, 0.15) is 30.1 Å². The second-order valence-electron chi connectivity index (χ2n) is 14.3. The Labute approximate surface area is 338 Å². The smallest absolute Gasteiger partial charge is 0.417 e. The number of hydrogen-bond acceptors (Lipinski definition) is 13. The summed E-state index contributed by atoms with van der Waals surface area (Å²) in [7, 11) is 4.65. The molecule has 2 heterocycles. The van der Waals surface area contributed by atoms with E-state index in [0.29, 0.717) is 54.4 Å². The number of aliphatic hydroxyl groups excluding tert-OH is 2. The first-order chi connectivity index (χ1) is 27.9. The van der Waals surface area contributed by atoms with Crippen LogP contribution in [0.4, 0.5) is 10.5 Å². The van der Waals surface area contributed by atoms with Gasteiger partial charge in [-0.25, -0.2) is 4.79 Å². The molecule has 0 bridgehead atoms. The fourth-order valence-electron chi connectivity index (χ4n) is 8.56. The summed E-state index contributed by atoms with van der Waals surface area (Å²) in [6.45, 7) is 4.48. The van der Waals surface area contributed by atoms with E-state index in [0.717, 1.165) is 54.0 Å². The number of nitrogens with zero attached hydrogens (tertiary/aromatic N) is 3.